The lowest BCUT2D eigenvalue weighted by molar-refractivity contribution is -0.124. The number of ether oxygens (including phenoxy) is 2. The van der Waals surface area contributed by atoms with Crippen LogP contribution in [-0.4, -0.2) is 42.3 Å². The lowest BCUT2D eigenvalue weighted by Crippen LogP contribution is -2.34. The maximum absolute atomic E-state index is 12.4. The Balaban J connectivity index is 1.53. The fraction of sp³-hybridized carbons (Fsp3) is 0.474. The Bertz CT molecular complexity index is 761. The highest BCUT2D eigenvalue weighted by molar-refractivity contribution is 7.09. The van der Waals surface area contributed by atoms with E-state index in [0.717, 1.165) is 37.4 Å². The first-order valence-electron chi connectivity index (χ1n) is 8.79. The van der Waals surface area contributed by atoms with Gasteiger partial charge in [-0.1, -0.05) is 6.07 Å². The van der Waals surface area contributed by atoms with E-state index in [1.807, 2.05) is 31.4 Å². The molecule has 7 heteroatoms. The lowest BCUT2D eigenvalue weighted by atomic mass is 10.2. The summed E-state index contributed by atoms with van der Waals surface area (Å²) in [6, 6.07) is 5.90. The summed E-state index contributed by atoms with van der Waals surface area (Å²) in [6.07, 6.45) is 2.05. The van der Waals surface area contributed by atoms with Crippen molar-refractivity contribution in [3.63, 3.8) is 0 Å². The van der Waals surface area contributed by atoms with Gasteiger partial charge in [0, 0.05) is 29.4 Å². The average Bonchev–Trinajstić information content (AvgIpc) is 3.37. The number of rotatable bonds is 7. The number of hydrogen-bond donors (Lipinski definition) is 1. The number of hydrogen-bond acceptors (Lipinski definition) is 5. The monoisotopic (exact) mass is 376 g/mol. The zero-order valence-corrected chi connectivity index (χ0v) is 15.9. The van der Waals surface area contributed by atoms with Crippen LogP contribution < -0.4 is 5.32 Å². The third-order valence-electron chi connectivity index (χ3n) is 4.57. The summed E-state index contributed by atoms with van der Waals surface area (Å²) in [5.74, 6) is -0.774. The van der Waals surface area contributed by atoms with E-state index >= 15 is 0 Å². The van der Waals surface area contributed by atoms with Gasteiger partial charge in [0.1, 0.15) is 0 Å². The van der Waals surface area contributed by atoms with Crippen molar-refractivity contribution in [2.45, 2.75) is 39.3 Å². The molecule has 3 rings (SSSR count). The minimum Gasteiger partial charge on any atom is -0.452 e. The molecule has 0 radical (unpaired) electrons. The minimum atomic E-state index is -0.470. The third-order valence-corrected chi connectivity index (χ3v) is 5.43. The van der Waals surface area contributed by atoms with Crippen LogP contribution in [0, 0.1) is 13.8 Å². The van der Waals surface area contributed by atoms with Crippen molar-refractivity contribution in [1.29, 1.82) is 0 Å². The summed E-state index contributed by atoms with van der Waals surface area (Å²) in [7, 11) is 0. The van der Waals surface area contributed by atoms with Gasteiger partial charge < -0.3 is 19.4 Å². The van der Waals surface area contributed by atoms with Crippen LogP contribution in [0.3, 0.4) is 0 Å². The predicted octanol–water partition coefficient (Wildman–Crippen LogP) is 2.67. The maximum Gasteiger partial charge on any atom is 0.340 e. The highest BCUT2D eigenvalue weighted by Crippen LogP contribution is 2.20. The van der Waals surface area contributed by atoms with E-state index in [2.05, 4.69) is 16.0 Å². The largest absolute Gasteiger partial charge is 0.452 e. The molecule has 26 heavy (non-hydrogen) atoms. The summed E-state index contributed by atoms with van der Waals surface area (Å²) in [6.45, 7) is 5.52. The number of thiophene rings is 1. The standard InChI is InChI=1S/C19H24N2O4S/c1-13-9-17(14(2)21(13)11-16-6-4-8-26-16)19(23)25-12-18(22)20-10-15-5-3-7-24-15/h4,6,8-9,15H,3,5,7,10-12H2,1-2H3,(H,20,22)/t15-/m1/s1. The van der Waals surface area contributed by atoms with E-state index in [0.29, 0.717) is 12.1 Å². The minimum absolute atomic E-state index is 0.0748. The predicted molar refractivity (Wildman–Crippen MR) is 99.6 cm³/mol. The van der Waals surface area contributed by atoms with Crippen molar-refractivity contribution < 1.29 is 19.1 Å². The second-order valence-electron chi connectivity index (χ2n) is 6.47. The van der Waals surface area contributed by atoms with Crippen molar-refractivity contribution in [2.24, 2.45) is 0 Å². The van der Waals surface area contributed by atoms with Crippen LogP contribution >= 0.6 is 11.3 Å². The SMILES string of the molecule is Cc1cc(C(=O)OCC(=O)NC[C@H]2CCCO2)c(C)n1Cc1cccs1. The van der Waals surface area contributed by atoms with Crippen LogP contribution in [-0.2, 0) is 20.8 Å². The van der Waals surface area contributed by atoms with Gasteiger partial charge in [-0.15, -0.1) is 11.3 Å². The molecule has 0 bridgehead atoms. The molecule has 0 unspecified atom stereocenters. The highest BCUT2D eigenvalue weighted by atomic mass is 32.1. The Labute approximate surface area is 157 Å². The molecule has 0 aliphatic carbocycles. The fourth-order valence-corrected chi connectivity index (χ4v) is 3.80. The summed E-state index contributed by atoms with van der Waals surface area (Å²) >= 11 is 1.68. The van der Waals surface area contributed by atoms with Gasteiger partial charge in [-0.3, -0.25) is 4.79 Å². The molecule has 1 fully saturated rings. The van der Waals surface area contributed by atoms with Crippen LogP contribution in [0.25, 0.3) is 0 Å². The molecule has 2 aromatic rings. The Kier molecular flexibility index (Phi) is 6.11. The first kappa shape index (κ1) is 18.7. The molecule has 2 aromatic heterocycles. The highest BCUT2D eigenvalue weighted by Gasteiger charge is 2.19. The molecule has 1 saturated heterocycles. The van der Waals surface area contributed by atoms with Gasteiger partial charge >= 0.3 is 5.97 Å². The van der Waals surface area contributed by atoms with Gasteiger partial charge in [0.15, 0.2) is 6.61 Å². The van der Waals surface area contributed by atoms with E-state index in [-0.39, 0.29) is 18.6 Å². The average molecular weight is 376 g/mol. The van der Waals surface area contributed by atoms with Gasteiger partial charge in [0.05, 0.1) is 18.2 Å². The van der Waals surface area contributed by atoms with E-state index in [1.54, 1.807) is 11.3 Å². The normalized spacial score (nSPS) is 16.6. The van der Waals surface area contributed by atoms with E-state index < -0.39 is 5.97 Å². The molecule has 1 aliphatic heterocycles. The Morgan fingerprint density at radius 1 is 1.42 bits per heavy atom. The van der Waals surface area contributed by atoms with E-state index in [4.69, 9.17) is 9.47 Å². The molecule has 0 saturated carbocycles. The number of amides is 1. The van der Waals surface area contributed by atoms with Crippen LogP contribution in [0.2, 0.25) is 0 Å². The number of aromatic nitrogens is 1. The molecule has 1 N–H and O–H groups in total. The number of esters is 1. The Morgan fingerprint density at radius 3 is 2.96 bits per heavy atom. The number of nitrogens with zero attached hydrogens (tertiary/aromatic N) is 1. The second-order valence-corrected chi connectivity index (χ2v) is 7.50. The third kappa shape index (κ3) is 4.53. The van der Waals surface area contributed by atoms with Crippen LogP contribution in [0.1, 0.15) is 39.5 Å². The van der Waals surface area contributed by atoms with Crippen molar-refractivity contribution in [1.82, 2.24) is 9.88 Å². The fourth-order valence-electron chi connectivity index (χ4n) is 3.10. The molecule has 1 atom stereocenters. The van der Waals surface area contributed by atoms with Crippen LogP contribution in [0.15, 0.2) is 23.6 Å². The van der Waals surface area contributed by atoms with E-state index in [9.17, 15) is 9.59 Å². The van der Waals surface area contributed by atoms with Gasteiger partial charge in [0.25, 0.3) is 5.91 Å². The van der Waals surface area contributed by atoms with Crippen LogP contribution in [0.5, 0.6) is 0 Å². The molecule has 140 valence electrons. The lowest BCUT2D eigenvalue weighted by Gasteiger charge is -2.11. The Morgan fingerprint density at radius 2 is 2.27 bits per heavy atom. The Hall–Kier alpha value is -2.12. The van der Waals surface area contributed by atoms with Gasteiger partial charge in [0.2, 0.25) is 0 Å². The number of carbonyl (C=O) groups is 2. The summed E-state index contributed by atoms with van der Waals surface area (Å²) < 4.78 is 12.7. The van der Waals surface area contributed by atoms with E-state index in [1.165, 1.54) is 4.88 Å². The zero-order valence-electron chi connectivity index (χ0n) is 15.1. The quantitative estimate of drug-likeness (QED) is 0.755. The van der Waals surface area contributed by atoms with Crippen molar-refractivity contribution >= 4 is 23.2 Å². The molecule has 0 spiro atoms. The molecule has 6 nitrogen and oxygen atoms in total. The van der Waals surface area contributed by atoms with Gasteiger partial charge in [-0.2, -0.15) is 0 Å². The maximum atomic E-state index is 12.4. The smallest absolute Gasteiger partial charge is 0.340 e. The van der Waals surface area contributed by atoms with Crippen molar-refractivity contribution in [3.8, 4) is 0 Å². The first-order valence-corrected chi connectivity index (χ1v) is 9.67. The molecule has 1 aliphatic rings. The van der Waals surface area contributed by atoms with Gasteiger partial charge in [-0.25, -0.2) is 4.79 Å². The second kappa shape index (κ2) is 8.51. The molecular formula is C19H24N2O4S. The van der Waals surface area contributed by atoms with Crippen LogP contribution in [0.4, 0.5) is 0 Å². The zero-order chi connectivity index (χ0) is 18.5. The number of aryl methyl sites for hydroxylation is 1. The summed E-state index contributed by atoms with van der Waals surface area (Å²) in [5.41, 5.74) is 2.34. The van der Waals surface area contributed by atoms with Gasteiger partial charge in [-0.05, 0) is 44.2 Å². The number of carbonyl (C=O) groups excluding carboxylic acids is 2. The van der Waals surface area contributed by atoms with Crippen molar-refractivity contribution in [3.05, 3.63) is 45.4 Å². The number of nitrogens with one attached hydrogen (secondary N) is 1. The summed E-state index contributed by atoms with van der Waals surface area (Å²) in [5, 5.41) is 4.78. The first-order chi connectivity index (χ1) is 12.5. The molecule has 3 heterocycles. The molecule has 0 aromatic carbocycles. The topological polar surface area (TPSA) is 69.6 Å². The molecular weight excluding hydrogens is 352 g/mol. The van der Waals surface area contributed by atoms with Crippen molar-refractivity contribution in [2.75, 3.05) is 19.8 Å². The summed E-state index contributed by atoms with van der Waals surface area (Å²) in [4.78, 5) is 25.4. The molecule has 1 amide bonds.